The minimum Gasteiger partial charge on any atom is -0.495 e. The van der Waals surface area contributed by atoms with Gasteiger partial charge in [-0.2, -0.15) is 0 Å². The Morgan fingerprint density at radius 3 is 2.35 bits per heavy atom. The highest BCUT2D eigenvalue weighted by molar-refractivity contribution is 7.92. The Kier molecular flexibility index (Phi) is 4.20. The number of sulfonamides is 1. The molecule has 2 aromatic rings. The average Bonchev–Trinajstić information content (AvgIpc) is 2.47. The fourth-order valence-electron chi connectivity index (χ4n) is 1.78. The van der Waals surface area contributed by atoms with E-state index in [0.29, 0.717) is 10.7 Å². The van der Waals surface area contributed by atoms with Crippen LogP contribution in [-0.4, -0.2) is 22.6 Å². The first-order chi connectivity index (χ1) is 9.46. The van der Waals surface area contributed by atoms with Crippen LogP contribution in [-0.2, 0) is 10.0 Å². The van der Waals surface area contributed by atoms with E-state index in [9.17, 15) is 8.42 Å². The summed E-state index contributed by atoms with van der Waals surface area (Å²) in [6, 6.07) is 13.3. The Morgan fingerprint density at radius 1 is 1.10 bits per heavy atom. The van der Waals surface area contributed by atoms with Gasteiger partial charge >= 0.3 is 0 Å². The zero-order chi connectivity index (χ0) is 14.8. The number of para-hydroxylation sites is 1. The van der Waals surface area contributed by atoms with Gasteiger partial charge in [-0.1, -0.05) is 29.8 Å². The molecule has 0 N–H and O–H groups in total. The van der Waals surface area contributed by atoms with Gasteiger partial charge in [-0.3, -0.25) is 4.31 Å². The average molecular weight is 312 g/mol. The van der Waals surface area contributed by atoms with Crippen molar-refractivity contribution in [3.63, 3.8) is 0 Å². The van der Waals surface area contributed by atoms with E-state index in [-0.39, 0.29) is 10.6 Å². The number of halogens is 1. The Bertz CT molecular complexity index is 702. The van der Waals surface area contributed by atoms with Gasteiger partial charge in [-0.25, -0.2) is 8.42 Å². The number of benzene rings is 2. The topological polar surface area (TPSA) is 46.6 Å². The van der Waals surface area contributed by atoms with Crippen molar-refractivity contribution < 1.29 is 13.2 Å². The molecule has 0 saturated carbocycles. The Hall–Kier alpha value is -1.72. The molecular weight excluding hydrogens is 298 g/mol. The molecule has 0 unspecified atom stereocenters. The number of anilines is 1. The van der Waals surface area contributed by atoms with Crippen LogP contribution in [0.15, 0.2) is 53.4 Å². The van der Waals surface area contributed by atoms with E-state index in [1.807, 2.05) is 6.07 Å². The molecule has 0 aliphatic rings. The molecule has 106 valence electrons. The van der Waals surface area contributed by atoms with Gasteiger partial charge in [0.15, 0.2) is 0 Å². The molecule has 0 atom stereocenters. The van der Waals surface area contributed by atoms with Crippen LogP contribution in [0.3, 0.4) is 0 Å². The van der Waals surface area contributed by atoms with Crippen LogP contribution in [0.4, 0.5) is 5.69 Å². The van der Waals surface area contributed by atoms with Gasteiger partial charge in [0, 0.05) is 12.1 Å². The second kappa shape index (κ2) is 5.73. The molecule has 0 aromatic heterocycles. The van der Waals surface area contributed by atoms with Crippen LogP contribution < -0.4 is 9.04 Å². The van der Waals surface area contributed by atoms with Crippen molar-refractivity contribution in [1.82, 2.24) is 0 Å². The number of hydrogen-bond donors (Lipinski definition) is 0. The van der Waals surface area contributed by atoms with Gasteiger partial charge in [-0.05, 0) is 30.3 Å². The second-order valence-electron chi connectivity index (χ2n) is 4.10. The van der Waals surface area contributed by atoms with Crippen molar-refractivity contribution >= 4 is 27.3 Å². The Balaban J connectivity index is 2.53. The smallest absolute Gasteiger partial charge is 0.267 e. The molecule has 0 fully saturated rings. The number of methoxy groups -OCH3 is 1. The number of rotatable bonds is 4. The van der Waals surface area contributed by atoms with Crippen molar-refractivity contribution in [3.8, 4) is 5.75 Å². The standard InChI is InChI=1S/C14H14ClNO3S/c1-16(12-6-4-3-5-7-12)20(17,18)14-10-11(15)8-9-13(14)19-2/h3-10H,1-2H3. The molecule has 0 saturated heterocycles. The molecule has 2 rings (SSSR count). The van der Waals surface area contributed by atoms with E-state index >= 15 is 0 Å². The summed E-state index contributed by atoms with van der Waals surface area (Å²) in [5, 5.41) is 0.339. The van der Waals surface area contributed by atoms with Crippen LogP contribution >= 0.6 is 11.6 Å². The lowest BCUT2D eigenvalue weighted by Crippen LogP contribution is -2.26. The van der Waals surface area contributed by atoms with Crippen LogP contribution in [0.1, 0.15) is 0 Å². The minimum absolute atomic E-state index is 0.0406. The first-order valence-electron chi connectivity index (χ1n) is 5.84. The van der Waals surface area contributed by atoms with Gasteiger partial charge in [0.05, 0.1) is 12.8 Å². The molecule has 0 aliphatic heterocycles. The highest BCUT2D eigenvalue weighted by Gasteiger charge is 2.25. The third kappa shape index (κ3) is 2.73. The third-order valence-electron chi connectivity index (χ3n) is 2.88. The maximum absolute atomic E-state index is 12.7. The SMILES string of the molecule is COc1ccc(Cl)cc1S(=O)(=O)N(C)c1ccccc1. The summed E-state index contributed by atoms with van der Waals surface area (Å²) in [6.07, 6.45) is 0. The fraction of sp³-hybridized carbons (Fsp3) is 0.143. The molecule has 0 spiro atoms. The van der Waals surface area contributed by atoms with E-state index in [2.05, 4.69) is 0 Å². The summed E-state index contributed by atoms with van der Waals surface area (Å²) in [5.74, 6) is 0.261. The van der Waals surface area contributed by atoms with Crippen LogP contribution in [0.5, 0.6) is 5.75 Å². The lowest BCUT2D eigenvalue weighted by atomic mass is 10.3. The van der Waals surface area contributed by atoms with Crippen molar-refractivity contribution in [2.24, 2.45) is 0 Å². The van der Waals surface area contributed by atoms with Gasteiger partial charge in [-0.15, -0.1) is 0 Å². The third-order valence-corrected chi connectivity index (χ3v) is 4.93. The first kappa shape index (κ1) is 14.7. The molecule has 20 heavy (non-hydrogen) atoms. The molecule has 4 nitrogen and oxygen atoms in total. The molecular formula is C14H14ClNO3S. The molecule has 0 radical (unpaired) electrons. The van der Waals surface area contributed by atoms with Gasteiger partial charge in [0.1, 0.15) is 10.6 Å². The number of ether oxygens (including phenoxy) is 1. The summed E-state index contributed by atoms with van der Waals surface area (Å²) in [7, 11) is -0.821. The summed E-state index contributed by atoms with van der Waals surface area (Å²) in [4.78, 5) is 0.0406. The number of hydrogen-bond acceptors (Lipinski definition) is 3. The Labute approximate surface area is 123 Å². The molecule has 0 bridgehead atoms. The van der Waals surface area contributed by atoms with Crippen molar-refractivity contribution in [1.29, 1.82) is 0 Å². The largest absolute Gasteiger partial charge is 0.495 e. The highest BCUT2D eigenvalue weighted by Crippen LogP contribution is 2.31. The summed E-state index contributed by atoms with van der Waals surface area (Å²) in [5.41, 5.74) is 0.564. The summed E-state index contributed by atoms with van der Waals surface area (Å²) < 4.78 is 31.6. The maximum atomic E-state index is 12.7. The Morgan fingerprint density at radius 2 is 1.75 bits per heavy atom. The first-order valence-corrected chi connectivity index (χ1v) is 7.66. The fourth-order valence-corrected chi connectivity index (χ4v) is 3.39. The van der Waals surface area contributed by atoms with E-state index in [4.69, 9.17) is 16.3 Å². The molecule has 0 aliphatic carbocycles. The molecule has 2 aromatic carbocycles. The quantitative estimate of drug-likeness (QED) is 0.871. The second-order valence-corrected chi connectivity index (χ2v) is 6.48. The maximum Gasteiger partial charge on any atom is 0.267 e. The van der Waals surface area contributed by atoms with E-state index < -0.39 is 10.0 Å². The van der Waals surface area contributed by atoms with Gasteiger partial charge in [0.2, 0.25) is 0 Å². The van der Waals surface area contributed by atoms with Crippen molar-refractivity contribution in [2.45, 2.75) is 4.90 Å². The van der Waals surface area contributed by atoms with E-state index in [1.165, 1.54) is 30.6 Å². The van der Waals surface area contributed by atoms with Crippen molar-refractivity contribution in [3.05, 3.63) is 53.6 Å². The molecule has 0 heterocycles. The van der Waals surface area contributed by atoms with E-state index in [0.717, 1.165) is 0 Å². The lowest BCUT2D eigenvalue weighted by Gasteiger charge is -2.20. The monoisotopic (exact) mass is 311 g/mol. The lowest BCUT2D eigenvalue weighted by molar-refractivity contribution is 0.402. The highest BCUT2D eigenvalue weighted by atomic mass is 35.5. The van der Waals surface area contributed by atoms with Crippen molar-refractivity contribution in [2.75, 3.05) is 18.5 Å². The molecule has 0 amide bonds. The predicted octanol–water partition coefficient (Wildman–Crippen LogP) is 3.17. The zero-order valence-corrected chi connectivity index (χ0v) is 12.6. The van der Waals surface area contributed by atoms with Crippen LogP contribution in [0.2, 0.25) is 5.02 Å². The van der Waals surface area contributed by atoms with Gasteiger partial charge < -0.3 is 4.74 Å². The summed E-state index contributed by atoms with van der Waals surface area (Å²) in [6.45, 7) is 0. The molecule has 6 heteroatoms. The predicted molar refractivity (Wildman–Crippen MR) is 80.0 cm³/mol. The van der Waals surface area contributed by atoms with E-state index in [1.54, 1.807) is 30.3 Å². The van der Waals surface area contributed by atoms with Crippen LogP contribution in [0.25, 0.3) is 0 Å². The normalized spacial score (nSPS) is 11.2. The van der Waals surface area contributed by atoms with Gasteiger partial charge in [0.25, 0.3) is 10.0 Å². The minimum atomic E-state index is -3.73. The van der Waals surface area contributed by atoms with Crippen LogP contribution in [0, 0.1) is 0 Å². The summed E-state index contributed by atoms with van der Waals surface area (Å²) >= 11 is 5.89. The number of nitrogens with zero attached hydrogens (tertiary/aromatic N) is 1. The zero-order valence-electron chi connectivity index (χ0n) is 11.1.